The van der Waals surface area contributed by atoms with Crippen LogP contribution in [0.5, 0.6) is 11.5 Å². The lowest BCUT2D eigenvalue weighted by Crippen LogP contribution is -2.47. The Morgan fingerprint density at radius 1 is 1.13 bits per heavy atom. The molecule has 3 rings (SSSR count). The van der Waals surface area contributed by atoms with Gasteiger partial charge in [0.25, 0.3) is 0 Å². The molecular formula is C25H32N2O4. The lowest BCUT2D eigenvalue weighted by atomic mass is 9.83. The first-order valence-corrected chi connectivity index (χ1v) is 10.9. The second kappa shape index (κ2) is 10.3. The minimum Gasteiger partial charge on any atom is -0.496 e. The molecule has 1 fully saturated rings. The van der Waals surface area contributed by atoms with Crippen molar-refractivity contribution in [2.75, 3.05) is 26.1 Å². The van der Waals surface area contributed by atoms with E-state index >= 15 is 0 Å². The summed E-state index contributed by atoms with van der Waals surface area (Å²) < 4.78 is 11.0. The number of carbonyl (C=O) groups is 2. The van der Waals surface area contributed by atoms with Crippen LogP contribution < -0.4 is 14.8 Å². The van der Waals surface area contributed by atoms with E-state index in [1.165, 1.54) is 0 Å². The van der Waals surface area contributed by atoms with Crippen LogP contribution in [0, 0.1) is 12.8 Å². The predicted molar refractivity (Wildman–Crippen MR) is 121 cm³/mol. The average Bonchev–Trinajstić information content (AvgIpc) is 2.78. The molecule has 6 nitrogen and oxygen atoms in total. The van der Waals surface area contributed by atoms with Gasteiger partial charge in [-0.15, -0.1) is 0 Å². The third-order valence-electron chi connectivity index (χ3n) is 5.87. The van der Waals surface area contributed by atoms with Gasteiger partial charge in [-0.25, -0.2) is 0 Å². The number of piperidine rings is 1. The molecule has 0 aliphatic carbocycles. The largest absolute Gasteiger partial charge is 0.496 e. The number of nitrogens with zero attached hydrogens (tertiary/aromatic N) is 1. The van der Waals surface area contributed by atoms with Crippen molar-refractivity contribution in [3.63, 3.8) is 0 Å². The first-order valence-electron chi connectivity index (χ1n) is 10.9. The Morgan fingerprint density at radius 2 is 1.87 bits per heavy atom. The molecule has 1 aliphatic rings. The highest BCUT2D eigenvalue weighted by molar-refractivity contribution is 5.96. The van der Waals surface area contributed by atoms with Gasteiger partial charge in [0.1, 0.15) is 11.5 Å². The summed E-state index contributed by atoms with van der Waals surface area (Å²) in [6, 6.07) is 13.0. The number of amides is 2. The number of benzene rings is 2. The summed E-state index contributed by atoms with van der Waals surface area (Å²) in [6.07, 6.45) is 2.71. The molecule has 31 heavy (non-hydrogen) atoms. The van der Waals surface area contributed by atoms with Crippen LogP contribution in [0.25, 0.3) is 0 Å². The van der Waals surface area contributed by atoms with Crippen molar-refractivity contribution >= 4 is 17.5 Å². The van der Waals surface area contributed by atoms with Crippen molar-refractivity contribution in [1.82, 2.24) is 4.90 Å². The quantitative estimate of drug-likeness (QED) is 0.665. The van der Waals surface area contributed by atoms with E-state index in [9.17, 15) is 9.59 Å². The van der Waals surface area contributed by atoms with Gasteiger partial charge in [-0.3, -0.25) is 9.59 Å². The number of hydrogen-bond donors (Lipinski definition) is 1. The van der Waals surface area contributed by atoms with E-state index in [4.69, 9.17) is 9.47 Å². The average molecular weight is 425 g/mol. The Kier molecular flexibility index (Phi) is 7.55. The van der Waals surface area contributed by atoms with E-state index in [-0.39, 0.29) is 17.9 Å². The first kappa shape index (κ1) is 22.7. The maximum Gasteiger partial charge on any atom is 0.230 e. The summed E-state index contributed by atoms with van der Waals surface area (Å²) in [4.78, 5) is 28.3. The summed E-state index contributed by atoms with van der Waals surface area (Å²) in [5, 5.41) is 3.06. The maximum atomic E-state index is 13.5. The van der Waals surface area contributed by atoms with Gasteiger partial charge in [-0.05, 0) is 43.5 Å². The molecule has 2 aromatic rings. The third kappa shape index (κ3) is 5.01. The summed E-state index contributed by atoms with van der Waals surface area (Å²) in [5.41, 5.74) is 2.54. The number of ether oxygens (including phenoxy) is 2. The molecule has 0 spiro atoms. The molecule has 2 amide bonds. The van der Waals surface area contributed by atoms with Gasteiger partial charge >= 0.3 is 0 Å². The molecule has 166 valence electrons. The minimum absolute atomic E-state index is 0.0848. The number of hydrogen-bond acceptors (Lipinski definition) is 4. The lowest BCUT2D eigenvalue weighted by Gasteiger charge is -2.41. The van der Waals surface area contributed by atoms with Gasteiger partial charge in [-0.1, -0.05) is 37.6 Å². The second-order valence-electron chi connectivity index (χ2n) is 7.97. The maximum absolute atomic E-state index is 13.5. The molecule has 0 aromatic heterocycles. The summed E-state index contributed by atoms with van der Waals surface area (Å²) in [7, 11) is 3.20. The van der Waals surface area contributed by atoms with Crippen LogP contribution in [0.1, 0.15) is 49.8 Å². The molecule has 2 atom stereocenters. The van der Waals surface area contributed by atoms with E-state index in [1.54, 1.807) is 14.2 Å². The molecule has 0 unspecified atom stereocenters. The topological polar surface area (TPSA) is 67.9 Å². The molecule has 1 saturated heterocycles. The molecule has 0 radical (unpaired) electrons. The summed E-state index contributed by atoms with van der Waals surface area (Å²) in [6.45, 7) is 4.69. The van der Waals surface area contributed by atoms with Crippen LogP contribution >= 0.6 is 0 Å². The van der Waals surface area contributed by atoms with Crippen molar-refractivity contribution in [2.45, 2.75) is 45.6 Å². The standard InChI is InChI=1S/C25H32N2O4/c1-5-6-15-27-23(28)14-12-19(24(27)18-9-7-8-10-21(18)30-3)25(29)26-20-16-17(2)11-13-22(20)31-4/h7-11,13,16,19,24H,5-6,12,14-15H2,1-4H3,(H,26,29)/t19-,24+/m1/s1. The summed E-state index contributed by atoms with van der Waals surface area (Å²) in [5.74, 6) is 0.878. The summed E-state index contributed by atoms with van der Waals surface area (Å²) >= 11 is 0. The van der Waals surface area contributed by atoms with E-state index < -0.39 is 5.92 Å². The zero-order valence-corrected chi connectivity index (χ0v) is 18.8. The van der Waals surface area contributed by atoms with Crippen molar-refractivity contribution in [3.05, 3.63) is 53.6 Å². The van der Waals surface area contributed by atoms with Gasteiger partial charge in [0, 0.05) is 18.5 Å². The van der Waals surface area contributed by atoms with Crippen LogP contribution in [0.2, 0.25) is 0 Å². The molecular weight excluding hydrogens is 392 g/mol. The van der Waals surface area contributed by atoms with E-state index in [2.05, 4.69) is 12.2 Å². The molecule has 1 heterocycles. The predicted octanol–water partition coefficient (Wildman–Crippen LogP) is 4.73. The van der Waals surface area contributed by atoms with Gasteiger partial charge in [0.15, 0.2) is 0 Å². The number of para-hydroxylation sites is 1. The van der Waals surface area contributed by atoms with E-state index in [1.807, 2.05) is 54.3 Å². The zero-order chi connectivity index (χ0) is 22.4. The number of carbonyl (C=O) groups excluding carboxylic acids is 2. The molecule has 6 heteroatoms. The van der Waals surface area contributed by atoms with Gasteiger partial charge in [0.05, 0.1) is 31.9 Å². The van der Waals surface area contributed by atoms with Crippen LogP contribution in [-0.4, -0.2) is 37.5 Å². The second-order valence-corrected chi connectivity index (χ2v) is 7.97. The minimum atomic E-state index is -0.393. The van der Waals surface area contributed by atoms with Crippen molar-refractivity contribution in [1.29, 1.82) is 0 Å². The Balaban J connectivity index is 1.99. The number of methoxy groups -OCH3 is 2. The highest BCUT2D eigenvalue weighted by Gasteiger charge is 2.41. The highest BCUT2D eigenvalue weighted by atomic mass is 16.5. The van der Waals surface area contributed by atoms with E-state index in [0.29, 0.717) is 36.6 Å². The third-order valence-corrected chi connectivity index (χ3v) is 5.87. The first-order chi connectivity index (χ1) is 15.0. The van der Waals surface area contributed by atoms with Crippen LogP contribution in [0.4, 0.5) is 5.69 Å². The van der Waals surface area contributed by atoms with Crippen LogP contribution in [0.15, 0.2) is 42.5 Å². The molecule has 0 bridgehead atoms. The van der Waals surface area contributed by atoms with Crippen molar-refractivity contribution in [3.8, 4) is 11.5 Å². The fourth-order valence-corrected chi connectivity index (χ4v) is 4.26. The molecule has 1 N–H and O–H groups in total. The molecule has 1 aliphatic heterocycles. The molecule has 2 aromatic carbocycles. The van der Waals surface area contributed by atoms with Crippen LogP contribution in [0.3, 0.4) is 0 Å². The van der Waals surface area contributed by atoms with Crippen molar-refractivity contribution < 1.29 is 19.1 Å². The number of aryl methyl sites for hydroxylation is 1. The Morgan fingerprint density at radius 3 is 2.58 bits per heavy atom. The zero-order valence-electron chi connectivity index (χ0n) is 18.8. The highest BCUT2D eigenvalue weighted by Crippen LogP contribution is 2.41. The Bertz CT molecular complexity index is 927. The number of rotatable bonds is 8. The lowest BCUT2D eigenvalue weighted by molar-refractivity contribution is -0.142. The van der Waals surface area contributed by atoms with Gasteiger partial charge < -0.3 is 19.7 Å². The fourth-order valence-electron chi connectivity index (χ4n) is 4.26. The SMILES string of the molecule is CCCCN1C(=O)CC[C@@H](C(=O)Nc2cc(C)ccc2OC)[C@@H]1c1ccccc1OC. The van der Waals surface area contributed by atoms with Gasteiger partial charge in [0.2, 0.25) is 11.8 Å². The number of nitrogens with one attached hydrogen (secondary N) is 1. The fraction of sp³-hybridized carbons (Fsp3) is 0.440. The number of anilines is 1. The smallest absolute Gasteiger partial charge is 0.230 e. The normalized spacial score (nSPS) is 18.6. The number of likely N-dealkylation sites (tertiary alicyclic amines) is 1. The molecule has 0 saturated carbocycles. The van der Waals surface area contributed by atoms with Gasteiger partial charge in [-0.2, -0.15) is 0 Å². The Hall–Kier alpha value is -3.02. The number of unbranched alkanes of at least 4 members (excludes halogenated alkanes) is 1. The Labute approximate surface area is 184 Å². The van der Waals surface area contributed by atoms with Crippen molar-refractivity contribution in [2.24, 2.45) is 5.92 Å². The van der Waals surface area contributed by atoms with Crippen LogP contribution in [-0.2, 0) is 9.59 Å². The van der Waals surface area contributed by atoms with E-state index in [0.717, 1.165) is 24.0 Å². The monoisotopic (exact) mass is 424 g/mol.